The summed E-state index contributed by atoms with van der Waals surface area (Å²) in [5, 5.41) is 0. The molecule has 1 nitrogen and oxygen atoms in total. The molecule has 0 saturated heterocycles. The van der Waals surface area contributed by atoms with Crippen molar-refractivity contribution in [1.29, 1.82) is 0 Å². The molecule has 1 heteroatoms. The smallest absolute Gasteiger partial charge is 0.0704 e. The van der Waals surface area contributed by atoms with Gasteiger partial charge in [-0.3, -0.25) is 4.98 Å². The predicted octanol–water partition coefficient (Wildman–Crippen LogP) is 4.84. The molecule has 0 aliphatic rings. The summed E-state index contributed by atoms with van der Waals surface area (Å²) in [6.45, 7) is 2.18. The van der Waals surface area contributed by atoms with Gasteiger partial charge in [0, 0.05) is 11.8 Å². The molecule has 0 spiro atoms. The van der Waals surface area contributed by atoms with Crippen molar-refractivity contribution in [2.24, 2.45) is 0 Å². The summed E-state index contributed by atoms with van der Waals surface area (Å²) < 4.78 is 0. The van der Waals surface area contributed by atoms with Crippen molar-refractivity contribution in [1.82, 2.24) is 4.98 Å². The van der Waals surface area contributed by atoms with Crippen LogP contribution in [0.15, 0.2) is 72.9 Å². The number of pyridine rings is 1. The van der Waals surface area contributed by atoms with Crippen molar-refractivity contribution in [2.75, 3.05) is 0 Å². The van der Waals surface area contributed by atoms with Gasteiger partial charge in [-0.25, -0.2) is 0 Å². The normalized spacial score (nSPS) is 10.5. The van der Waals surface area contributed by atoms with Crippen LogP contribution in [0.25, 0.3) is 11.3 Å². The van der Waals surface area contributed by atoms with Crippen LogP contribution < -0.4 is 0 Å². The quantitative estimate of drug-likeness (QED) is 0.662. The van der Waals surface area contributed by atoms with Gasteiger partial charge in [0.1, 0.15) is 0 Å². The number of benzene rings is 2. The third kappa shape index (κ3) is 3.19. The van der Waals surface area contributed by atoms with Crippen LogP contribution in [-0.4, -0.2) is 4.98 Å². The molecule has 0 radical (unpaired) electrons. The lowest BCUT2D eigenvalue weighted by molar-refractivity contribution is 0.950. The molecule has 3 aromatic rings. The number of rotatable bonds is 4. The van der Waals surface area contributed by atoms with Gasteiger partial charge in [-0.2, -0.15) is 0 Å². The second-order valence-corrected chi connectivity index (χ2v) is 5.30. The van der Waals surface area contributed by atoms with E-state index in [-0.39, 0.29) is 0 Å². The first-order chi connectivity index (χ1) is 10.3. The van der Waals surface area contributed by atoms with E-state index in [0.29, 0.717) is 0 Å². The maximum absolute atomic E-state index is 4.48. The molecule has 0 saturated carbocycles. The van der Waals surface area contributed by atoms with Crippen LogP contribution in [0.3, 0.4) is 0 Å². The largest absolute Gasteiger partial charge is 0.256 e. The van der Waals surface area contributed by atoms with E-state index in [0.717, 1.165) is 18.5 Å². The fraction of sp³-hybridized carbons (Fsp3) is 0.150. The highest BCUT2D eigenvalue weighted by atomic mass is 14.7. The highest BCUT2D eigenvalue weighted by molar-refractivity contribution is 5.63. The maximum Gasteiger partial charge on any atom is 0.0704 e. The summed E-state index contributed by atoms with van der Waals surface area (Å²) in [5.41, 5.74) is 6.45. The van der Waals surface area contributed by atoms with Gasteiger partial charge in [0.25, 0.3) is 0 Å². The number of hydrogen-bond donors (Lipinski definition) is 0. The summed E-state index contributed by atoms with van der Waals surface area (Å²) >= 11 is 0. The molecule has 0 N–H and O–H groups in total. The molecule has 0 bridgehead atoms. The first-order valence-corrected chi connectivity index (χ1v) is 7.38. The molecule has 104 valence electrons. The molecule has 1 aromatic heterocycles. The van der Waals surface area contributed by atoms with Crippen LogP contribution in [0.2, 0.25) is 0 Å². The average molecular weight is 273 g/mol. The summed E-state index contributed by atoms with van der Waals surface area (Å²) in [7, 11) is 0. The number of nitrogens with zero attached hydrogens (tertiary/aromatic N) is 1. The zero-order chi connectivity index (χ0) is 14.5. The molecule has 21 heavy (non-hydrogen) atoms. The monoisotopic (exact) mass is 273 g/mol. The number of aryl methyl sites for hydroxylation is 3. The third-order valence-electron chi connectivity index (χ3n) is 3.88. The summed E-state index contributed by atoms with van der Waals surface area (Å²) in [4.78, 5) is 4.48. The van der Waals surface area contributed by atoms with Crippen molar-refractivity contribution in [2.45, 2.75) is 19.8 Å². The van der Waals surface area contributed by atoms with Gasteiger partial charge in [0.05, 0.1) is 5.69 Å². The molecule has 1 heterocycles. The standard InChI is InChI=1S/C20H19N/c1-16-8-2-3-9-17(16)13-14-18-10-4-5-11-19(18)20-12-6-7-15-21-20/h2-12,15H,13-14H2,1H3. The predicted molar refractivity (Wildman–Crippen MR) is 88.3 cm³/mol. The Morgan fingerprint density at radius 3 is 2.14 bits per heavy atom. The van der Waals surface area contributed by atoms with Crippen LogP contribution in [0.1, 0.15) is 16.7 Å². The van der Waals surface area contributed by atoms with Crippen LogP contribution in [-0.2, 0) is 12.8 Å². The average Bonchev–Trinajstić information content (AvgIpc) is 2.55. The summed E-state index contributed by atoms with van der Waals surface area (Å²) in [6.07, 6.45) is 3.96. The molecular formula is C20H19N. The van der Waals surface area contributed by atoms with E-state index >= 15 is 0 Å². The van der Waals surface area contributed by atoms with Gasteiger partial charge in [-0.05, 0) is 48.6 Å². The van der Waals surface area contributed by atoms with Crippen LogP contribution in [0.5, 0.6) is 0 Å². The molecule has 2 aromatic carbocycles. The molecule has 0 unspecified atom stereocenters. The van der Waals surface area contributed by atoms with Crippen molar-refractivity contribution < 1.29 is 0 Å². The Labute approximate surface area is 126 Å². The lowest BCUT2D eigenvalue weighted by Gasteiger charge is -2.10. The second kappa shape index (κ2) is 6.36. The fourth-order valence-electron chi connectivity index (χ4n) is 2.67. The first-order valence-electron chi connectivity index (χ1n) is 7.38. The van der Waals surface area contributed by atoms with E-state index in [1.165, 1.54) is 22.3 Å². The van der Waals surface area contributed by atoms with E-state index in [9.17, 15) is 0 Å². The van der Waals surface area contributed by atoms with Crippen molar-refractivity contribution >= 4 is 0 Å². The zero-order valence-electron chi connectivity index (χ0n) is 12.3. The Morgan fingerprint density at radius 2 is 1.38 bits per heavy atom. The van der Waals surface area contributed by atoms with E-state index in [4.69, 9.17) is 0 Å². The third-order valence-corrected chi connectivity index (χ3v) is 3.88. The number of hydrogen-bond acceptors (Lipinski definition) is 1. The van der Waals surface area contributed by atoms with Crippen molar-refractivity contribution in [3.63, 3.8) is 0 Å². The molecule has 0 amide bonds. The molecule has 0 aliphatic carbocycles. The molecule has 0 atom stereocenters. The molecule has 3 rings (SSSR count). The maximum atomic E-state index is 4.48. The summed E-state index contributed by atoms with van der Waals surface area (Å²) in [6, 6.07) is 23.3. The highest BCUT2D eigenvalue weighted by Gasteiger charge is 2.06. The van der Waals surface area contributed by atoms with E-state index in [1.54, 1.807) is 0 Å². The van der Waals surface area contributed by atoms with E-state index < -0.39 is 0 Å². The highest BCUT2D eigenvalue weighted by Crippen LogP contribution is 2.23. The SMILES string of the molecule is Cc1ccccc1CCc1ccccc1-c1ccccn1. The van der Waals surface area contributed by atoms with Gasteiger partial charge in [0.15, 0.2) is 0 Å². The minimum Gasteiger partial charge on any atom is -0.256 e. The molecular weight excluding hydrogens is 254 g/mol. The Hall–Kier alpha value is -2.41. The lowest BCUT2D eigenvalue weighted by Crippen LogP contribution is -1.96. The Morgan fingerprint density at radius 1 is 0.714 bits per heavy atom. The number of aromatic nitrogens is 1. The van der Waals surface area contributed by atoms with Crippen molar-refractivity contribution in [3.05, 3.63) is 89.6 Å². The van der Waals surface area contributed by atoms with Gasteiger partial charge in [-0.15, -0.1) is 0 Å². The van der Waals surface area contributed by atoms with Gasteiger partial charge in [-0.1, -0.05) is 54.6 Å². The van der Waals surface area contributed by atoms with Gasteiger partial charge in [0.2, 0.25) is 0 Å². The van der Waals surface area contributed by atoms with Gasteiger partial charge < -0.3 is 0 Å². The Kier molecular flexibility index (Phi) is 4.11. The second-order valence-electron chi connectivity index (χ2n) is 5.30. The van der Waals surface area contributed by atoms with Crippen LogP contribution in [0.4, 0.5) is 0 Å². The van der Waals surface area contributed by atoms with Gasteiger partial charge >= 0.3 is 0 Å². The topological polar surface area (TPSA) is 12.9 Å². The molecule has 0 aliphatic heterocycles. The lowest BCUT2D eigenvalue weighted by atomic mass is 9.96. The Bertz CT molecular complexity index is 717. The zero-order valence-corrected chi connectivity index (χ0v) is 12.3. The Balaban J connectivity index is 1.85. The minimum atomic E-state index is 1.04. The first kappa shape index (κ1) is 13.6. The van der Waals surface area contributed by atoms with Crippen molar-refractivity contribution in [3.8, 4) is 11.3 Å². The molecule has 0 fully saturated rings. The van der Waals surface area contributed by atoms with Crippen LogP contribution >= 0.6 is 0 Å². The minimum absolute atomic E-state index is 1.04. The van der Waals surface area contributed by atoms with E-state index in [1.807, 2.05) is 18.3 Å². The van der Waals surface area contributed by atoms with Crippen LogP contribution in [0, 0.1) is 6.92 Å². The van der Waals surface area contributed by atoms with E-state index in [2.05, 4.69) is 66.5 Å². The fourth-order valence-corrected chi connectivity index (χ4v) is 2.67. The summed E-state index contributed by atoms with van der Waals surface area (Å²) in [5.74, 6) is 0.